The second-order valence-electron chi connectivity index (χ2n) is 3.53. The van der Waals surface area contributed by atoms with E-state index in [1.165, 1.54) is 0 Å². The molecule has 0 saturated carbocycles. The average molecular weight is 442 g/mol. The van der Waals surface area contributed by atoms with Crippen molar-refractivity contribution in [1.82, 2.24) is 4.90 Å². The van der Waals surface area contributed by atoms with Gasteiger partial charge in [-0.15, -0.1) is 0 Å². The standard InChI is InChI=1S/C5H11NO2S.C4H6O6.Na.Sb/c1-6(2)4(3-9)5(7)8;5-1(3(7)8)2(6)4(9)10;;/h4,9H,3H2,1-2H3,(H,7,8);1-2,5-6H,(H,7,8)(H,9,10);;/q;;+1;+3/p-2. The smallest absolute Gasteiger partial charge is 0.547 e. The van der Waals surface area contributed by atoms with Crippen molar-refractivity contribution in [3.8, 4) is 0 Å². The number of nitrogens with zero attached hydrogens (tertiary/aromatic N) is 1. The molecule has 0 bridgehead atoms. The quantitative estimate of drug-likeness (QED) is 0.231. The third-order valence-electron chi connectivity index (χ3n) is 1.86. The number of aliphatic hydroxyl groups is 2. The van der Waals surface area contributed by atoms with Gasteiger partial charge in [0.2, 0.25) is 0 Å². The van der Waals surface area contributed by atoms with Crippen LogP contribution in [0, 0.1) is 0 Å². The topological polar surface area (TPSA) is 161 Å². The Bertz CT molecular complexity index is 315. The molecule has 0 aromatic rings. The van der Waals surface area contributed by atoms with E-state index in [4.69, 9.17) is 15.3 Å². The second kappa shape index (κ2) is 15.4. The number of aliphatic hydroxyl groups excluding tert-OH is 2. The van der Waals surface area contributed by atoms with Gasteiger partial charge in [0.15, 0.2) is 0 Å². The van der Waals surface area contributed by atoms with Crippen LogP contribution in [0.15, 0.2) is 0 Å². The molecule has 0 spiro atoms. The van der Waals surface area contributed by atoms with E-state index in [0.29, 0.717) is 5.75 Å². The first-order chi connectivity index (χ1) is 8.56. The van der Waals surface area contributed by atoms with Crippen molar-refractivity contribution in [2.24, 2.45) is 0 Å². The van der Waals surface area contributed by atoms with Crippen LogP contribution in [0.25, 0.3) is 0 Å². The summed E-state index contributed by atoms with van der Waals surface area (Å²) in [5.41, 5.74) is 0. The van der Waals surface area contributed by atoms with Gasteiger partial charge < -0.3 is 35.1 Å². The zero-order valence-corrected chi connectivity index (χ0v) is 17.1. The normalized spacial score (nSPS) is 13.4. The largest absolute Gasteiger partial charge is 3.00 e. The summed E-state index contributed by atoms with van der Waals surface area (Å²) >= 11 is 3.87. The molecule has 3 atom stereocenters. The summed E-state index contributed by atoms with van der Waals surface area (Å²) in [5.74, 6) is -4.59. The van der Waals surface area contributed by atoms with Gasteiger partial charge in [-0.2, -0.15) is 12.6 Å². The van der Waals surface area contributed by atoms with Crippen molar-refractivity contribution < 1.29 is 69.5 Å². The molecule has 3 unspecified atom stereocenters. The van der Waals surface area contributed by atoms with Crippen molar-refractivity contribution >= 4 is 55.0 Å². The third-order valence-corrected chi connectivity index (χ3v) is 2.21. The molecule has 2 radical (unpaired) electrons. The van der Waals surface area contributed by atoms with Crippen LogP contribution in [0.3, 0.4) is 0 Å². The SMILES string of the molecule is CN(C)C(CS)C(=O)O.O=C([O-])C(O)C(O)C(=O)[O-].[Na+].[Sb+3]. The predicted octanol–water partition coefficient (Wildman–Crippen LogP) is -8.24. The van der Waals surface area contributed by atoms with Crippen LogP contribution < -0.4 is 39.8 Å². The number of carboxylic acid groups (broad SMARTS) is 3. The van der Waals surface area contributed by atoms with Crippen LogP contribution in [-0.2, 0) is 14.4 Å². The van der Waals surface area contributed by atoms with Crippen LogP contribution in [0.5, 0.6) is 0 Å². The number of carbonyl (C=O) groups is 3. The van der Waals surface area contributed by atoms with Crippen LogP contribution in [-0.4, -0.2) is 101 Å². The summed E-state index contributed by atoms with van der Waals surface area (Å²) in [6.45, 7) is 0. The van der Waals surface area contributed by atoms with Gasteiger partial charge in [0, 0.05) is 5.75 Å². The molecular formula is C9H15NNaO8SSb+2. The van der Waals surface area contributed by atoms with Gasteiger partial charge in [-0.3, -0.25) is 9.69 Å². The zero-order chi connectivity index (χ0) is 15.7. The van der Waals surface area contributed by atoms with Gasteiger partial charge in [-0.1, -0.05) is 0 Å². The van der Waals surface area contributed by atoms with E-state index in [2.05, 4.69) is 12.6 Å². The molecule has 21 heavy (non-hydrogen) atoms. The third kappa shape index (κ3) is 13.8. The molecule has 0 heterocycles. The number of hydrogen-bond donors (Lipinski definition) is 4. The van der Waals surface area contributed by atoms with E-state index in [1.54, 1.807) is 19.0 Å². The fourth-order valence-electron chi connectivity index (χ4n) is 0.720. The van der Waals surface area contributed by atoms with Crippen molar-refractivity contribution in [3.63, 3.8) is 0 Å². The molecule has 0 aliphatic heterocycles. The Labute approximate surface area is 166 Å². The Morgan fingerprint density at radius 1 is 1.10 bits per heavy atom. The predicted molar refractivity (Wildman–Crippen MR) is 66.7 cm³/mol. The van der Waals surface area contributed by atoms with E-state index in [9.17, 15) is 24.6 Å². The Morgan fingerprint density at radius 3 is 1.43 bits per heavy atom. The summed E-state index contributed by atoms with van der Waals surface area (Å²) in [6.07, 6.45) is -4.88. The molecule has 114 valence electrons. The van der Waals surface area contributed by atoms with Crippen LogP contribution in [0.1, 0.15) is 0 Å². The van der Waals surface area contributed by atoms with Gasteiger partial charge >= 0.3 is 60.0 Å². The maximum absolute atomic E-state index is 10.3. The number of thiol groups is 1. The molecule has 12 heteroatoms. The monoisotopic (exact) mass is 441 g/mol. The molecule has 0 aliphatic rings. The number of hydrogen-bond acceptors (Lipinski definition) is 9. The van der Waals surface area contributed by atoms with Crippen LogP contribution in [0.4, 0.5) is 0 Å². The van der Waals surface area contributed by atoms with E-state index >= 15 is 0 Å². The minimum Gasteiger partial charge on any atom is -0.547 e. The number of aliphatic carboxylic acids is 3. The van der Waals surface area contributed by atoms with Gasteiger partial charge in [0.25, 0.3) is 0 Å². The van der Waals surface area contributed by atoms with E-state index in [-0.39, 0.29) is 54.0 Å². The molecule has 0 aromatic carbocycles. The molecule has 9 nitrogen and oxygen atoms in total. The Balaban J connectivity index is -0.000000126. The van der Waals surface area contributed by atoms with Crippen molar-refractivity contribution in [3.05, 3.63) is 0 Å². The zero-order valence-electron chi connectivity index (χ0n) is 11.7. The van der Waals surface area contributed by atoms with Gasteiger partial charge in [-0.05, 0) is 14.1 Å². The van der Waals surface area contributed by atoms with Gasteiger partial charge in [-0.25, -0.2) is 0 Å². The Hall–Kier alpha value is 0.458. The maximum atomic E-state index is 10.3. The minimum atomic E-state index is -2.44. The molecule has 0 fully saturated rings. The molecular weight excluding hydrogens is 427 g/mol. The number of rotatable bonds is 6. The first-order valence-corrected chi connectivity index (χ1v) is 5.47. The average Bonchev–Trinajstić information content (AvgIpc) is 2.27. The molecule has 0 amide bonds. The van der Waals surface area contributed by atoms with E-state index in [0.717, 1.165) is 0 Å². The Morgan fingerprint density at radius 2 is 1.38 bits per heavy atom. The summed E-state index contributed by atoms with van der Waals surface area (Å²) < 4.78 is 0. The van der Waals surface area contributed by atoms with E-state index in [1.807, 2.05) is 0 Å². The molecule has 0 rings (SSSR count). The molecule has 0 saturated heterocycles. The van der Waals surface area contributed by atoms with Crippen LogP contribution >= 0.6 is 12.6 Å². The summed E-state index contributed by atoms with van der Waals surface area (Å²) in [4.78, 5) is 31.2. The minimum absolute atomic E-state index is 0. The molecule has 3 N–H and O–H groups in total. The van der Waals surface area contributed by atoms with Gasteiger partial charge in [0.1, 0.15) is 18.2 Å². The summed E-state index contributed by atoms with van der Waals surface area (Å²) in [7, 11) is 3.43. The fourth-order valence-corrected chi connectivity index (χ4v) is 1.20. The van der Waals surface area contributed by atoms with Crippen molar-refractivity contribution in [1.29, 1.82) is 0 Å². The van der Waals surface area contributed by atoms with Crippen molar-refractivity contribution in [2.45, 2.75) is 18.2 Å². The number of likely N-dealkylation sites (N-methyl/N-ethyl adjacent to an activating group) is 1. The summed E-state index contributed by atoms with van der Waals surface area (Å²) in [5, 5.41) is 44.2. The number of carbonyl (C=O) groups excluding carboxylic acids is 2. The summed E-state index contributed by atoms with van der Waals surface area (Å²) in [6, 6.07) is -0.465. The number of carboxylic acids is 3. The van der Waals surface area contributed by atoms with E-state index < -0.39 is 36.2 Å². The van der Waals surface area contributed by atoms with Gasteiger partial charge in [0.05, 0.1) is 11.9 Å². The maximum Gasteiger partial charge on any atom is 3.00 e. The Kier molecular flexibility index (Phi) is 21.5. The first-order valence-electron chi connectivity index (χ1n) is 4.84. The molecule has 0 aromatic heterocycles. The molecule has 0 aliphatic carbocycles. The second-order valence-corrected chi connectivity index (χ2v) is 3.89. The first kappa shape index (κ1) is 29.5. The van der Waals surface area contributed by atoms with Crippen LogP contribution in [0.2, 0.25) is 0 Å². The fraction of sp³-hybridized carbons (Fsp3) is 0.667. The van der Waals surface area contributed by atoms with Crippen molar-refractivity contribution in [2.75, 3.05) is 19.8 Å².